The first kappa shape index (κ1) is 16.8. The van der Waals surface area contributed by atoms with Crippen molar-refractivity contribution in [3.63, 3.8) is 0 Å². The molecular formula is C10H18N4O5. The summed E-state index contributed by atoms with van der Waals surface area (Å²) in [5.41, 5.74) is 5.26. The Morgan fingerprint density at radius 1 is 1.05 bits per heavy atom. The summed E-state index contributed by atoms with van der Waals surface area (Å²) in [6, 6.07) is -1.77. The van der Waals surface area contributed by atoms with Gasteiger partial charge >= 0.3 is 5.97 Å². The molecule has 0 aromatic carbocycles. The third-order valence-corrected chi connectivity index (χ3v) is 2.03. The van der Waals surface area contributed by atoms with Gasteiger partial charge in [0.05, 0.1) is 19.1 Å². The average Bonchev–Trinajstić information content (AvgIpc) is 2.32. The quantitative estimate of drug-likeness (QED) is 0.337. The van der Waals surface area contributed by atoms with E-state index in [0.717, 1.165) is 0 Å². The third-order valence-electron chi connectivity index (χ3n) is 2.03. The van der Waals surface area contributed by atoms with E-state index in [1.165, 1.54) is 13.8 Å². The Morgan fingerprint density at radius 2 is 1.58 bits per heavy atom. The van der Waals surface area contributed by atoms with Crippen molar-refractivity contribution >= 4 is 23.7 Å². The zero-order valence-corrected chi connectivity index (χ0v) is 10.7. The van der Waals surface area contributed by atoms with Crippen LogP contribution in [0.2, 0.25) is 0 Å². The van der Waals surface area contributed by atoms with Gasteiger partial charge in [-0.2, -0.15) is 0 Å². The smallest absolute Gasteiger partial charge is 0.325 e. The molecule has 0 heterocycles. The highest BCUT2D eigenvalue weighted by Gasteiger charge is 2.14. The topological polar surface area (TPSA) is 151 Å². The molecule has 0 saturated heterocycles. The van der Waals surface area contributed by atoms with Crippen molar-refractivity contribution in [1.82, 2.24) is 16.0 Å². The Labute approximate surface area is 109 Å². The largest absolute Gasteiger partial charge is 0.480 e. The summed E-state index contributed by atoms with van der Waals surface area (Å²) in [7, 11) is 0. The number of aliphatic carboxylic acids is 1. The molecule has 3 amide bonds. The Morgan fingerprint density at radius 3 is 2.05 bits per heavy atom. The third kappa shape index (κ3) is 7.71. The average molecular weight is 274 g/mol. The number of carbonyl (C=O) groups is 4. The van der Waals surface area contributed by atoms with Crippen LogP contribution < -0.4 is 21.7 Å². The normalized spacial score (nSPS) is 13.0. The molecule has 0 rings (SSSR count). The van der Waals surface area contributed by atoms with E-state index in [1.54, 1.807) is 0 Å². The molecule has 0 aromatic heterocycles. The molecule has 0 unspecified atom stereocenters. The summed E-state index contributed by atoms with van der Waals surface area (Å²) in [6.07, 6.45) is 0. The van der Waals surface area contributed by atoms with Gasteiger partial charge in [0.2, 0.25) is 17.7 Å². The van der Waals surface area contributed by atoms with Gasteiger partial charge in [0, 0.05) is 0 Å². The van der Waals surface area contributed by atoms with Crippen LogP contribution in [0, 0.1) is 0 Å². The molecule has 9 nitrogen and oxygen atoms in total. The number of nitrogens with one attached hydrogen (secondary N) is 3. The van der Waals surface area contributed by atoms with Crippen LogP contribution in [-0.2, 0) is 19.2 Å². The second kappa shape index (κ2) is 8.03. The minimum absolute atomic E-state index is 0.303. The van der Waals surface area contributed by atoms with E-state index in [1.807, 2.05) is 0 Å². The maximum absolute atomic E-state index is 11.2. The summed E-state index contributed by atoms with van der Waals surface area (Å²) in [4.78, 5) is 43.9. The van der Waals surface area contributed by atoms with Gasteiger partial charge in [0.25, 0.3) is 0 Å². The van der Waals surface area contributed by atoms with Crippen LogP contribution >= 0.6 is 0 Å². The Kier molecular flexibility index (Phi) is 7.12. The van der Waals surface area contributed by atoms with E-state index in [-0.39, 0.29) is 13.1 Å². The highest BCUT2D eigenvalue weighted by atomic mass is 16.4. The molecule has 0 saturated carbocycles. The number of carbonyl (C=O) groups excluding carboxylic acids is 3. The minimum Gasteiger partial charge on any atom is -0.480 e. The first-order valence-corrected chi connectivity index (χ1v) is 5.56. The van der Waals surface area contributed by atoms with Gasteiger partial charge in [0.1, 0.15) is 6.04 Å². The van der Waals surface area contributed by atoms with Crippen molar-refractivity contribution in [2.75, 3.05) is 13.1 Å². The number of hydrogen-bond donors (Lipinski definition) is 5. The fraction of sp³-hybridized carbons (Fsp3) is 0.600. The van der Waals surface area contributed by atoms with Crippen molar-refractivity contribution in [2.24, 2.45) is 5.73 Å². The number of hydrogen-bond acceptors (Lipinski definition) is 5. The van der Waals surface area contributed by atoms with Crippen LogP contribution in [0.1, 0.15) is 13.8 Å². The molecule has 0 radical (unpaired) electrons. The minimum atomic E-state index is -1.18. The zero-order chi connectivity index (χ0) is 15.0. The summed E-state index contributed by atoms with van der Waals surface area (Å²) in [5.74, 6) is -2.88. The summed E-state index contributed by atoms with van der Waals surface area (Å²) < 4.78 is 0. The number of carboxylic acid groups (broad SMARTS) is 1. The van der Waals surface area contributed by atoms with Crippen LogP contribution in [0.15, 0.2) is 0 Å². The Hall–Kier alpha value is -2.16. The highest BCUT2D eigenvalue weighted by Crippen LogP contribution is 1.80. The predicted octanol–water partition coefficient (Wildman–Crippen LogP) is -2.84. The van der Waals surface area contributed by atoms with E-state index >= 15 is 0 Å². The number of rotatable bonds is 7. The first-order chi connectivity index (χ1) is 8.73. The Bertz CT molecular complexity index is 369. The lowest BCUT2D eigenvalue weighted by Crippen LogP contribution is -2.47. The Balaban J connectivity index is 3.88. The molecule has 108 valence electrons. The lowest BCUT2D eigenvalue weighted by atomic mass is 10.3. The summed E-state index contributed by atoms with van der Waals surface area (Å²) in [5, 5.41) is 15.2. The molecule has 0 spiro atoms. The van der Waals surface area contributed by atoms with Crippen LogP contribution in [0.25, 0.3) is 0 Å². The number of nitrogens with two attached hydrogens (primary N) is 1. The monoisotopic (exact) mass is 274 g/mol. The van der Waals surface area contributed by atoms with E-state index in [4.69, 9.17) is 10.8 Å². The summed E-state index contributed by atoms with van der Waals surface area (Å²) >= 11 is 0. The second-order valence-electron chi connectivity index (χ2n) is 3.91. The molecule has 2 atom stereocenters. The molecule has 9 heteroatoms. The van der Waals surface area contributed by atoms with Gasteiger partial charge in [-0.15, -0.1) is 0 Å². The maximum atomic E-state index is 11.2. The lowest BCUT2D eigenvalue weighted by molar-refractivity contribution is -0.141. The van der Waals surface area contributed by atoms with Crippen molar-refractivity contribution in [2.45, 2.75) is 25.9 Å². The lowest BCUT2D eigenvalue weighted by Gasteiger charge is -2.10. The van der Waals surface area contributed by atoms with Gasteiger partial charge in [-0.3, -0.25) is 19.2 Å². The SMILES string of the molecule is C[C@H](N)C(=O)NCC(=O)NCC(=O)N[C@@H](C)C(=O)O. The van der Waals surface area contributed by atoms with Gasteiger partial charge in [-0.05, 0) is 13.8 Å². The maximum Gasteiger partial charge on any atom is 0.325 e. The summed E-state index contributed by atoms with van der Waals surface area (Å²) in [6.45, 7) is 2.09. The second-order valence-corrected chi connectivity index (χ2v) is 3.91. The van der Waals surface area contributed by atoms with Crippen molar-refractivity contribution < 1.29 is 24.3 Å². The molecule has 19 heavy (non-hydrogen) atoms. The number of amides is 3. The van der Waals surface area contributed by atoms with E-state index in [9.17, 15) is 19.2 Å². The molecule has 0 aromatic rings. The van der Waals surface area contributed by atoms with Gasteiger partial charge in [0.15, 0.2) is 0 Å². The molecule has 0 aliphatic rings. The van der Waals surface area contributed by atoms with Crippen LogP contribution in [0.4, 0.5) is 0 Å². The van der Waals surface area contributed by atoms with E-state index < -0.39 is 35.8 Å². The van der Waals surface area contributed by atoms with Crippen LogP contribution in [-0.4, -0.2) is 54.0 Å². The van der Waals surface area contributed by atoms with E-state index in [0.29, 0.717) is 0 Å². The number of carboxylic acids is 1. The fourth-order valence-corrected chi connectivity index (χ4v) is 0.924. The predicted molar refractivity (Wildman–Crippen MR) is 64.9 cm³/mol. The molecular weight excluding hydrogens is 256 g/mol. The van der Waals surface area contributed by atoms with E-state index in [2.05, 4.69) is 16.0 Å². The molecule has 6 N–H and O–H groups in total. The molecule has 0 bridgehead atoms. The first-order valence-electron chi connectivity index (χ1n) is 5.56. The fourth-order valence-electron chi connectivity index (χ4n) is 0.924. The van der Waals surface area contributed by atoms with Gasteiger partial charge < -0.3 is 26.8 Å². The van der Waals surface area contributed by atoms with Crippen molar-refractivity contribution in [3.8, 4) is 0 Å². The van der Waals surface area contributed by atoms with Gasteiger partial charge in [-0.25, -0.2) is 0 Å². The van der Waals surface area contributed by atoms with Gasteiger partial charge in [-0.1, -0.05) is 0 Å². The standard InChI is InChI=1S/C10H18N4O5/c1-5(11)9(17)13-3-7(15)12-4-8(16)14-6(2)10(18)19/h5-6H,3-4,11H2,1-2H3,(H,12,15)(H,13,17)(H,14,16)(H,18,19)/t5-,6-/m0/s1. The van der Waals surface area contributed by atoms with Crippen molar-refractivity contribution in [3.05, 3.63) is 0 Å². The molecule has 0 aliphatic heterocycles. The van der Waals surface area contributed by atoms with Crippen LogP contribution in [0.5, 0.6) is 0 Å². The van der Waals surface area contributed by atoms with Crippen LogP contribution in [0.3, 0.4) is 0 Å². The van der Waals surface area contributed by atoms with Crippen molar-refractivity contribution in [1.29, 1.82) is 0 Å². The molecule has 0 aliphatic carbocycles. The molecule has 0 fully saturated rings. The highest BCUT2D eigenvalue weighted by molar-refractivity contribution is 5.90. The zero-order valence-electron chi connectivity index (χ0n) is 10.7.